The summed E-state index contributed by atoms with van der Waals surface area (Å²) in [4.78, 5) is 7.12. The summed E-state index contributed by atoms with van der Waals surface area (Å²) in [5.74, 6) is 1.33. The molecule has 1 aliphatic heterocycles. The van der Waals surface area contributed by atoms with Crippen LogP contribution in [0.4, 0.5) is 0 Å². The van der Waals surface area contributed by atoms with E-state index in [1.165, 1.54) is 12.8 Å². The normalized spacial score (nSPS) is 26.0. The van der Waals surface area contributed by atoms with E-state index in [1.54, 1.807) is 18.4 Å². The van der Waals surface area contributed by atoms with E-state index in [2.05, 4.69) is 27.4 Å². The van der Waals surface area contributed by atoms with Crippen molar-refractivity contribution in [1.29, 1.82) is 0 Å². The number of guanidine groups is 1. The molecule has 1 aromatic heterocycles. The molecule has 0 aromatic carbocycles. The Morgan fingerprint density at radius 2 is 2.29 bits per heavy atom. The minimum atomic E-state index is -0.703. The lowest BCUT2D eigenvalue weighted by atomic mass is 10.2. The Balaban J connectivity index is 0.00000208. The maximum Gasteiger partial charge on any atom is 0.191 e. The number of nitrogens with zero attached hydrogens (tertiary/aromatic N) is 2. The minimum Gasteiger partial charge on any atom is -0.467 e. The smallest absolute Gasteiger partial charge is 0.191 e. The lowest BCUT2D eigenvalue weighted by Gasteiger charge is -2.20. The topological polar surface area (TPSA) is 73.0 Å². The SMILES string of the molecule is CCNC(=NCC(O)c1ccco1)NC1CC(C)N(C2CC2)C1.I. The number of aliphatic hydroxyl groups is 1. The van der Waals surface area contributed by atoms with E-state index >= 15 is 0 Å². The molecule has 6 nitrogen and oxygen atoms in total. The Morgan fingerprint density at radius 3 is 2.92 bits per heavy atom. The summed E-state index contributed by atoms with van der Waals surface area (Å²) < 4.78 is 5.22. The van der Waals surface area contributed by atoms with Crippen LogP contribution in [0.25, 0.3) is 0 Å². The second-order valence-electron chi connectivity index (χ2n) is 6.60. The number of nitrogens with one attached hydrogen (secondary N) is 2. The van der Waals surface area contributed by atoms with E-state index in [-0.39, 0.29) is 30.5 Å². The number of aliphatic imine (C=N–C) groups is 1. The zero-order valence-corrected chi connectivity index (χ0v) is 16.8. The molecule has 0 spiro atoms. The van der Waals surface area contributed by atoms with Crippen LogP contribution in [-0.4, -0.2) is 53.7 Å². The summed E-state index contributed by atoms with van der Waals surface area (Å²) in [7, 11) is 0. The Labute approximate surface area is 161 Å². The second-order valence-corrected chi connectivity index (χ2v) is 6.60. The lowest BCUT2D eigenvalue weighted by Crippen LogP contribution is -2.45. The van der Waals surface area contributed by atoms with E-state index in [4.69, 9.17) is 4.42 Å². The minimum absolute atomic E-state index is 0. The molecular formula is C17H29IN4O2. The van der Waals surface area contributed by atoms with Crippen molar-refractivity contribution in [1.82, 2.24) is 15.5 Å². The zero-order valence-electron chi connectivity index (χ0n) is 14.4. The summed E-state index contributed by atoms with van der Waals surface area (Å²) in [6, 6.07) is 5.41. The molecule has 1 aromatic rings. The first-order valence-corrected chi connectivity index (χ1v) is 8.69. The van der Waals surface area contributed by atoms with Crippen molar-refractivity contribution < 1.29 is 9.52 Å². The van der Waals surface area contributed by atoms with Crippen LogP contribution in [-0.2, 0) is 0 Å². The number of halogens is 1. The molecule has 3 unspecified atom stereocenters. The van der Waals surface area contributed by atoms with Crippen molar-refractivity contribution in [3.05, 3.63) is 24.2 Å². The fraction of sp³-hybridized carbons (Fsp3) is 0.706. The summed E-state index contributed by atoms with van der Waals surface area (Å²) in [6.45, 7) is 6.53. The molecule has 2 heterocycles. The van der Waals surface area contributed by atoms with Gasteiger partial charge < -0.3 is 20.2 Å². The van der Waals surface area contributed by atoms with Crippen LogP contribution < -0.4 is 10.6 Å². The number of hydrogen-bond donors (Lipinski definition) is 3. The summed E-state index contributed by atoms with van der Waals surface area (Å²) >= 11 is 0. The standard InChI is InChI=1S/C17H28N4O2.HI/c1-3-18-17(19-10-15(22)16-5-4-8-23-16)20-13-9-12(2)21(11-13)14-6-7-14;/h4-5,8,12-15,22H,3,6-7,9-11H2,1-2H3,(H2,18,19,20);1H. The maximum atomic E-state index is 10.1. The lowest BCUT2D eigenvalue weighted by molar-refractivity contribution is 0.158. The summed E-state index contributed by atoms with van der Waals surface area (Å²) in [5.41, 5.74) is 0. The molecule has 3 N–H and O–H groups in total. The van der Waals surface area contributed by atoms with Gasteiger partial charge in [0.1, 0.15) is 11.9 Å². The molecule has 1 saturated heterocycles. The first-order chi connectivity index (χ1) is 11.2. The molecule has 3 rings (SSSR count). The second kappa shape index (κ2) is 9.05. The van der Waals surface area contributed by atoms with Crippen LogP contribution in [0.1, 0.15) is 45.0 Å². The number of furan rings is 1. The van der Waals surface area contributed by atoms with Crippen LogP contribution in [0.2, 0.25) is 0 Å². The zero-order chi connectivity index (χ0) is 16.2. The van der Waals surface area contributed by atoms with Gasteiger partial charge in [-0.3, -0.25) is 9.89 Å². The fourth-order valence-electron chi connectivity index (χ4n) is 3.34. The highest BCUT2D eigenvalue weighted by Gasteiger charge is 2.38. The van der Waals surface area contributed by atoms with Crippen LogP contribution >= 0.6 is 24.0 Å². The van der Waals surface area contributed by atoms with Gasteiger partial charge in [0.15, 0.2) is 5.96 Å². The van der Waals surface area contributed by atoms with Gasteiger partial charge in [-0.1, -0.05) is 0 Å². The Morgan fingerprint density at radius 1 is 1.50 bits per heavy atom. The third kappa shape index (κ3) is 5.10. The molecule has 24 heavy (non-hydrogen) atoms. The first-order valence-electron chi connectivity index (χ1n) is 8.69. The van der Waals surface area contributed by atoms with Crippen molar-refractivity contribution >= 4 is 29.9 Å². The Bertz CT molecular complexity index is 519. The predicted octanol–water partition coefficient (Wildman–Crippen LogP) is 2.11. The van der Waals surface area contributed by atoms with Crippen LogP contribution in [0.15, 0.2) is 27.8 Å². The fourth-order valence-corrected chi connectivity index (χ4v) is 3.34. The molecule has 0 radical (unpaired) electrons. The van der Waals surface area contributed by atoms with Crippen molar-refractivity contribution in [2.75, 3.05) is 19.6 Å². The Kier molecular flexibility index (Phi) is 7.36. The van der Waals surface area contributed by atoms with Crippen molar-refractivity contribution in [3.8, 4) is 0 Å². The van der Waals surface area contributed by atoms with E-state index in [0.29, 0.717) is 17.8 Å². The largest absolute Gasteiger partial charge is 0.467 e. The molecule has 2 aliphatic rings. The average molecular weight is 448 g/mol. The third-order valence-electron chi connectivity index (χ3n) is 4.62. The highest BCUT2D eigenvalue weighted by atomic mass is 127. The van der Waals surface area contributed by atoms with E-state index in [0.717, 1.165) is 31.5 Å². The summed E-state index contributed by atoms with van der Waals surface area (Å²) in [6.07, 6.45) is 4.70. The molecule has 7 heteroatoms. The van der Waals surface area contributed by atoms with E-state index in [1.807, 2.05) is 6.92 Å². The van der Waals surface area contributed by atoms with Crippen molar-refractivity contribution in [2.45, 2.75) is 57.3 Å². The van der Waals surface area contributed by atoms with Gasteiger partial charge in [-0.15, -0.1) is 24.0 Å². The van der Waals surface area contributed by atoms with Crippen LogP contribution in [0.5, 0.6) is 0 Å². The van der Waals surface area contributed by atoms with Gasteiger partial charge in [-0.2, -0.15) is 0 Å². The number of hydrogen-bond acceptors (Lipinski definition) is 4. The third-order valence-corrected chi connectivity index (χ3v) is 4.62. The van der Waals surface area contributed by atoms with Gasteiger partial charge in [0.05, 0.1) is 12.8 Å². The van der Waals surface area contributed by atoms with Gasteiger partial charge in [0, 0.05) is 31.2 Å². The maximum absolute atomic E-state index is 10.1. The monoisotopic (exact) mass is 448 g/mol. The van der Waals surface area contributed by atoms with E-state index in [9.17, 15) is 5.11 Å². The molecular weight excluding hydrogens is 419 g/mol. The molecule has 2 fully saturated rings. The first kappa shape index (κ1) is 19.5. The molecule has 136 valence electrons. The number of rotatable bonds is 6. The quantitative estimate of drug-likeness (QED) is 0.353. The van der Waals surface area contributed by atoms with Crippen molar-refractivity contribution in [3.63, 3.8) is 0 Å². The highest BCUT2D eigenvalue weighted by molar-refractivity contribution is 14.0. The van der Waals surface area contributed by atoms with Gasteiger partial charge in [-0.05, 0) is 45.2 Å². The number of likely N-dealkylation sites (tertiary alicyclic amines) is 1. The molecule has 0 bridgehead atoms. The molecule has 0 amide bonds. The molecule has 1 aliphatic carbocycles. The van der Waals surface area contributed by atoms with Gasteiger partial charge in [-0.25, -0.2) is 0 Å². The highest BCUT2D eigenvalue weighted by Crippen LogP contribution is 2.33. The molecule has 3 atom stereocenters. The average Bonchev–Trinajstić information content (AvgIpc) is 3.08. The van der Waals surface area contributed by atoms with Crippen LogP contribution in [0.3, 0.4) is 0 Å². The van der Waals surface area contributed by atoms with Gasteiger partial charge in [0.25, 0.3) is 0 Å². The van der Waals surface area contributed by atoms with E-state index < -0.39 is 6.10 Å². The molecule has 1 saturated carbocycles. The van der Waals surface area contributed by atoms with Gasteiger partial charge in [0.2, 0.25) is 0 Å². The predicted molar refractivity (Wildman–Crippen MR) is 106 cm³/mol. The Hall–Kier alpha value is -0.800. The van der Waals surface area contributed by atoms with Crippen molar-refractivity contribution in [2.24, 2.45) is 4.99 Å². The number of aliphatic hydroxyl groups excluding tert-OH is 1. The van der Waals surface area contributed by atoms with Gasteiger partial charge >= 0.3 is 0 Å². The van der Waals surface area contributed by atoms with Crippen LogP contribution in [0, 0.1) is 0 Å². The summed E-state index contributed by atoms with van der Waals surface area (Å²) in [5, 5.41) is 16.9.